The maximum atomic E-state index is 8.99. The Bertz CT molecular complexity index is 340. The Balaban J connectivity index is 2.14. The van der Waals surface area contributed by atoms with E-state index in [1.165, 1.54) is 0 Å². The summed E-state index contributed by atoms with van der Waals surface area (Å²) < 4.78 is 5.30. The highest BCUT2D eigenvalue weighted by Gasteiger charge is 2.13. The fourth-order valence-corrected chi connectivity index (χ4v) is 1.75. The van der Waals surface area contributed by atoms with Gasteiger partial charge in [-0.1, -0.05) is 0 Å². The highest BCUT2D eigenvalue weighted by molar-refractivity contribution is 5.47. The van der Waals surface area contributed by atoms with Crippen molar-refractivity contribution in [2.45, 2.75) is 6.04 Å². The van der Waals surface area contributed by atoms with Crippen LogP contribution in [0.5, 0.6) is 0 Å². The summed E-state index contributed by atoms with van der Waals surface area (Å²) in [5, 5.41) is 8.99. The predicted molar refractivity (Wildman–Crippen MR) is 61.3 cm³/mol. The third-order valence-corrected chi connectivity index (χ3v) is 2.72. The van der Waals surface area contributed by atoms with Crippen LogP contribution >= 0.6 is 0 Å². The number of aliphatic hydroxyl groups is 1. The average molecular weight is 223 g/mol. The van der Waals surface area contributed by atoms with Crippen molar-refractivity contribution >= 4 is 5.69 Å². The number of anilines is 1. The van der Waals surface area contributed by atoms with Crippen molar-refractivity contribution in [3.05, 3.63) is 24.0 Å². The number of rotatable bonds is 3. The third kappa shape index (κ3) is 2.49. The van der Waals surface area contributed by atoms with E-state index in [0.29, 0.717) is 0 Å². The van der Waals surface area contributed by atoms with Gasteiger partial charge >= 0.3 is 0 Å². The monoisotopic (exact) mass is 223 g/mol. The Morgan fingerprint density at radius 2 is 2.25 bits per heavy atom. The number of aliphatic hydroxyl groups excluding tert-OH is 1. The van der Waals surface area contributed by atoms with Gasteiger partial charge in [-0.15, -0.1) is 0 Å². The van der Waals surface area contributed by atoms with Crippen molar-refractivity contribution < 1.29 is 9.84 Å². The maximum Gasteiger partial charge on any atom is 0.0705 e. The zero-order valence-electron chi connectivity index (χ0n) is 9.17. The average Bonchev–Trinajstić information content (AvgIpc) is 2.39. The zero-order valence-corrected chi connectivity index (χ0v) is 9.17. The molecule has 1 aliphatic rings. The van der Waals surface area contributed by atoms with Gasteiger partial charge in [-0.2, -0.15) is 0 Å². The second-order valence-corrected chi connectivity index (χ2v) is 3.83. The van der Waals surface area contributed by atoms with Gasteiger partial charge < -0.3 is 20.5 Å². The Morgan fingerprint density at radius 3 is 2.94 bits per heavy atom. The molecule has 5 nitrogen and oxygen atoms in total. The summed E-state index contributed by atoms with van der Waals surface area (Å²) in [6.45, 7) is 3.20. The molecule has 3 N–H and O–H groups in total. The number of aromatic nitrogens is 1. The SMILES string of the molecule is N[C@H](CO)c1cc(N2CCOCC2)ccn1. The predicted octanol–water partition coefficient (Wildman–Crippen LogP) is -0.0897. The summed E-state index contributed by atoms with van der Waals surface area (Å²) >= 11 is 0. The van der Waals surface area contributed by atoms with E-state index >= 15 is 0 Å². The van der Waals surface area contributed by atoms with Crippen LogP contribution in [0.3, 0.4) is 0 Å². The van der Waals surface area contributed by atoms with E-state index in [9.17, 15) is 0 Å². The van der Waals surface area contributed by atoms with Gasteiger partial charge in [0.05, 0.1) is 31.6 Å². The van der Waals surface area contributed by atoms with Crippen LogP contribution in [-0.4, -0.2) is 43.0 Å². The lowest BCUT2D eigenvalue weighted by molar-refractivity contribution is 0.122. The number of ether oxygens (including phenoxy) is 1. The van der Waals surface area contributed by atoms with Gasteiger partial charge in [0.15, 0.2) is 0 Å². The van der Waals surface area contributed by atoms with Crippen molar-refractivity contribution in [2.24, 2.45) is 5.73 Å². The van der Waals surface area contributed by atoms with E-state index in [1.54, 1.807) is 6.20 Å². The molecule has 1 saturated heterocycles. The van der Waals surface area contributed by atoms with Crippen molar-refractivity contribution in [3.8, 4) is 0 Å². The molecule has 88 valence electrons. The molecule has 16 heavy (non-hydrogen) atoms. The van der Waals surface area contributed by atoms with Crippen LogP contribution < -0.4 is 10.6 Å². The quantitative estimate of drug-likeness (QED) is 0.749. The minimum absolute atomic E-state index is 0.0838. The molecule has 0 spiro atoms. The fraction of sp³-hybridized carbons (Fsp3) is 0.545. The van der Waals surface area contributed by atoms with Gasteiger partial charge in [-0.05, 0) is 12.1 Å². The second kappa shape index (κ2) is 5.25. The molecule has 2 rings (SSSR count). The largest absolute Gasteiger partial charge is 0.394 e. The number of nitrogens with two attached hydrogens (primary N) is 1. The Morgan fingerprint density at radius 1 is 1.50 bits per heavy atom. The first-order valence-corrected chi connectivity index (χ1v) is 5.46. The third-order valence-electron chi connectivity index (χ3n) is 2.72. The number of nitrogens with zero attached hydrogens (tertiary/aromatic N) is 2. The van der Waals surface area contributed by atoms with Crippen molar-refractivity contribution in [1.82, 2.24) is 4.98 Å². The van der Waals surface area contributed by atoms with E-state index in [4.69, 9.17) is 15.6 Å². The number of hydrogen-bond donors (Lipinski definition) is 2. The first-order chi connectivity index (χ1) is 7.81. The van der Waals surface area contributed by atoms with Crippen LogP contribution in [0.1, 0.15) is 11.7 Å². The van der Waals surface area contributed by atoms with Gasteiger partial charge in [0.2, 0.25) is 0 Å². The van der Waals surface area contributed by atoms with Gasteiger partial charge in [0.1, 0.15) is 0 Å². The van der Waals surface area contributed by atoms with Crippen LogP contribution in [0, 0.1) is 0 Å². The first kappa shape index (κ1) is 11.3. The molecule has 0 bridgehead atoms. The molecule has 1 aromatic heterocycles. The molecule has 0 amide bonds. The summed E-state index contributed by atoms with van der Waals surface area (Å²) in [7, 11) is 0. The molecule has 1 fully saturated rings. The van der Waals surface area contributed by atoms with Crippen LogP contribution in [0.15, 0.2) is 18.3 Å². The molecule has 2 heterocycles. The highest BCUT2D eigenvalue weighted by Crippen LogP contribution is 2.18. The fourth-order valence-electron chi connectivity index (χ4n) is 1.75. The van der Waals surface area contributed by atoms with E-state index in [0.717, 1.165) is 37.7 Å². The summed E-state index contributed by atoms with van der Waals surface area (Å²) in [4.78, 5) is 6.40. The van der Waals surface area contributed by atoms with Gasteiger partial charge in [0.25, 0.3) is 0 Å². The number of hydrogen-bond acceptors (Lipinski definition) is 5. The normalized spacial score (nSPS) is 18.5. The standard InChI is InChI=1S/C11H17N3O2/c12-10(8-15)11-7-9(1-2-13-11)14-3-5-16-6-4-14/h1-2,7,10,15H,3-6,8,12H2/t10-/m1/s1. The molecule has 0 unspecified atom stereocenters. The van der Waals surface area contributed by atoms with Crippen molar-refractivity contribution in [3.63, 3.8) is 0 Å². The maximum absolute atomic E-state index is 8.99. The summed E-state index contributed by atoms with van der Waals surface area (Å²) in [6, 6.07) is 3.49. The first-order valence-electron chi connectivity index (χ1n) is 5.46. The molecule has 1 aliphatic heterocycles. The zero-order chi connectivity index (χ0) is 11.4. The van der Waals surface area contributed by atoms with Crippen LogP contribution in [-0.2, 0) is 4.74 Å². The minimum Gasteiger partial charge on any atom is -0.394 e. The highest BCUT2D eigenvalue weighted by atomic mass is 16.5. The van der Waals surface area contributed by atoms with Gasteiger partial charge in [-0.3, -0.25) is 4.98 Å². The van der Waals surface area contributed by atoms with E-state index in [-0.39, 0.29) is 6.61 Å². The molecule has 0 saturated carbocycles. The van der Waals surface area contributed by atoms with Gasteiger partial charge in [0, 0.05) is 25.0 Å². The molecular formula is C11H17N3O2. The van der Waals surface area contributed by atoms with Crippen LogP contribution in [0.2, 0.25) is 0 Å². The lowest BCUT2D eigenvalue weighted by Gasteiger charge is -2.29. The molecule has 1 atom stereocenters. The van der Waals surface area contributed by atoms with E-state index in [2.05, 4.69) is 9.88 Å². The molecular weight excluding hydrogens is 206 g/mol. The topological polar surface area (TPSA) is 71.6 Å². The lowest BCUT2D eigenvalue weighted by atomic mass is 10.2. The van der Waals surface area contributed by atoms with Gasteiger partial charge in [-0.25, -0.2) is 0 Å². The molecule has 5 heteroatoms. The summed E-state index contributed by atoms with van der Waals surface area (Å²) in [5.41, 5.74) is 7.56. The second-order valence-electron chi connectivity index (χ2n) is 3.83. The Hall–Kier alpha value is -1.17. The smallest absolute Gasteiger partial charge is 0.0705 e. The summed E-state index contributed by atoms with van der Waals surface area (Å²) in [6.07, 6.45) is 1.73. The van der Waals surface area contributed by atoms with Crippen molar-refractivity contribution in [2.75, 3.05) is 37.8 Å². The molecule has 0 radical (unpaired) electrons. The Kier molecular flexibility index (Phi) is 3.71. The summed E-state index contributed by atoms with van der Waals surface area (Å²) in [5.74, 6) is 0. The molecule has 1 aromatic rings. The van der Waals surface area contributed by atoms with Crippen LogP contribution in [0.4, 0.5) is 5.69 Å². The van der Waals surface area contributed by atoms with Crippen LogP contribution in [0.25, 0.3) is 0 Å². The molecule has 0 aromatic carbocycles. The molecule has 0 aliphatic carbocycles. The number of morpholine rings is 1. The lowest BCUT2D eigenvalue weighted by Crippen LogP contribution is -2.36. The van der Waals surface area contributed by atoms with Crippen molar-refractivity contribution in [1.29, 1.82) is 0 Å². The number of pyridine rings is 1. The van der Waals surface area contributed by atoms with E-state index in [1.807, 2.05) is 12.1 Å². The minimum atomic E-state index is -0.402. The Labute approximate surface area is 94.8 Å². The van der Waals surface area contributed by atoms with E-state index < -0.39 is 6.04 Å².